The molecule has 0 radical (unpaired) electrons. The SMILES string of the molecule is CC(=O)S[C@@H]1CC2=CC(=O)CC[C@]2(C)[C@H]2CC[C@@]3(C)[C@@H](CC[C@@]34CCC(=O)O4)[C@H]12.OC(O)O. The molecule has 0 bridgehead atoms. The van der Waals surface area contributed by atoms with E-state index >= 15 is 0 Å². The van der Waals surface area contributed by atoms with E-state index in [4.69, 9.17) is 20.1 Å². The lowest BCUT2D eigenvalue weighted by Crippen LogP contribution is -2.57. The Labute approximate surface area is 199 Å². The first-order chi connectivity index (χ1) is 15.4. The van der Waals surface area contributed by atoms with Crippen LogP contribution in [-0.4, -0.2) is 49.5 Å². The topological polar surface area (TPSA) is 121 Å². The zero-order valence-electron chi connectivity index (χ0n) is 19.7. The van der Waals surface area contributed by atoms with E-state index in [0.717, 1.165) is 44.9 Å². The number of hydrogen-bond acceptors (Lipinski definition) is 8. The van der Waals surface area contributed by atoms with Crippen LogP contribution >= 0.6 is 11.8 Å². The fourth-order valence-electron chi connectivity index (χ4n) is 8.13. The van der Waals surface area contributed by atoms with Crippen molar-refractivity contribution in [1.29, 1.82) is 0 Å². The molecule has 3 N–H and O–H groups in total. The lowest BCUT2D eigenvalue weighted by Gasteiger charge is -2.61. The van der Waals surface area contributed by atoms with Gasteiger partial charge in [-0.2, -0.15) is 0 Å². The first-order valence-corrected chi connectivity index (χ1v) is 13.0. The number of aliphatic hydroxyl groups is 3. The largest absolute Gasteiger partial charge is 0.458 e. The van der Waals surface area contributed by atoms with Gasteiger partial charge in [-0.05, 0) is 74.2 Å². The maximum Gasteiger partial charge on any atom is 0.306 e. The second kappa shape index (κ2) is 8.77. The van der Waals surface area contributed by atoms with Gasteiger partial charge in [0.2, 0.25) is 0 Å². The van der Waals surface area contributed by atoms with Crippen LogP contribution in [0, 0.1) is 28.6 Å². The third-order valence-electron chi connectivity index (χ3n) is 9.61. The van der Waals surface area contributed by atoms with E-state index < -0.39 is 6.48 Å². The molecule has 7 nitrogen and oxygen atoms in total. The summed E-state index contributed by atoms with van der Waals surface area (Å²) >= 11 is 1.50. The summed E-state index contributed by atoms with van der Waals surface area (Å²) in [6.07, 6.45) is 10.0. The minimum absolute atomic E-state index is 0.0119. The van der Waals surface area contributed by atoms with Crippen molar-refractivity contribution in [3.63, 3.8) is 0 Å². The predicted octanol–water partition coefficient (Wildman–Crippen LogP) is 3.10. The van der Waals surface area contributed by atoms with Gasteiger partial charge in [0.25, 0.3) is 6.48 Å². The van der Waals surface area contributed by atoms with E-state index in [9.17, 15) is 14.4 Å². The summed E-state index contributed by atoms with van der Waals surface area (Å²) in [7, 11) is 0. The molecular formula is C25H36O7S. The quantitative estimate of drug-likeness (QED) is 0.387. The number of ether oxygens (including phenoxy) is 1. The fraction of sp³-hybridized carbons (Fsp3) is 0.800. The van der Waals surface area contributed by atoms with Crippen molar-refractivity contribution in [3.8, 4) is 0 Å². The molecule has 1 aliphatic heterocycles. The number of rotatable bonds is 1. The van der Waals surface area contributed by atoms with Crippen LogP contribution in [0.1, 0.15) is 78.6 Å². The average Bonchev–Trinajstić information content (AvgIpc) is 3.23. The summed E-state index contributed by atoms with van der Waals surface area (Å²) in [5, 5.41) is 21.9. The molecule has 0 aromatic heterocycles. The van der Waals surface area contributed by atoms with Gasteiger partial charge >= 0.3 is 5.97 Å². The van der Waals surface area contributed by atoms with Crippen molar-refractivity contribution in [3.05, 3.63) is 11.6 Å². The number of ketones is 1. The highest BCUT2D eigenvalue weighted by Gasteiger charge is 2.68. The van der Waals surface area contributed by atoms with Gasteiger partial charge in [-0.25, -0.2) is 0 Å². The van der Waals surface area contributed by atoms with Crippen LogP contribution in [-0.2, 0) is 19.1 Å². The molecule has 0 unspecified atom stereocenters. The molecule has 33 heavy (non-hydrogen) atoms. The lowest BCUT2D eigenvalue weighted by molar-refractivity contribution is -0.198. The number of fused-ring (bicyclic) bond motifs is 6. The van der Waals surface area contributed by atoms with Crippen LogP contribution in [0.25, 0.3) is 0 Å². The van der Waals surface area contributed by atoms with Crippen molar-refractivity contribution >= 4 is 28.6 Å². The van der Waals surface area contributed by atoms with Crippen molar-refractivity contribution < 1.29 is 34.4 Å². The monoisotopic (exact) mass is 480 g/mol. The smallest absolute Gasteiger partial charge is 0.306 e. The predicted molar refractivity (Wildman–Crippen MR) is 123 cm³/mol. The molecule has 0 aromatic rings. The molecular weight excluding hydrogens is 444 g/mol. The van der Waals surface area contributed by atoms with E-state index in [2.05, 4.69) is 13.8 Å². The number of hydrogen-bond donors (Lipinski definition) is 3. The summed E-state index contributed by atoms with van der Waals surface area (Å²) in [5.41, 5.74) is 1.09. The molecule has 5 aliphatic rings. The van der Waals surface area contributed by atoms with Gasteiger partial charge < -0.3 is 20.1 Å². The van der Waals surface area contributed by atoms with Gasteiger partial charge in [0, 0.05) is 30.4 Å². The standard InChI is InChI=1S/C24H32O4S.CH4O3/c1-14(25)29-19-13-15-12-16(26)4-8-22(15,2)17-5-9-23(3)18(21(17)19)6-10-24(23)11-7-20(27)28-24;2-1(3)4/h12,17-19,21H,4-11,13H2,1-3H3;1-4H/t17-,18-,19+,21+,22-,23-,24+;/m0./s1. The Hall–Kier alpha value is -1.22. The molecule has 0 amide bonds. The summed E-state index contributed by atoms with van der Waals surface area (Å²) < 4.78 is 6.06. The molecule has 5 rings (SSSR count). The average molecular weight is 481 g/mol. The van der Waals surface area contributed by atoms with E-state index in [1.165, 1.54) is 17.3 Å². The Kier molecular flexibility index (Phi) is 6.62. The third-order valence-corrected chi connectivity index (χ3v) is 10.7. The molecule has 0 aromatic carbocycles. The van der Waals surface area contributed by atoms with Crippen LogP contribution in [0.5, 0.6) is 0 Å². The summed E-state index contributed by atoms with van der Waals surface area (Å²) in [4.78, 5) is 36.4. The highest BCUT2D eigenvalue weighted by Crippen LogP contribution is 2.70. The number of aliphatic hydroxyl groups excluding tert-OH is 1. The van der Waals surface area contributed by atoms with E-state index in [0.29, 0.717) is 30.6 Å². The van der Waals surface area contributed by atoms with E-state index in [1.54, 1.807) is 6.92 Å². The second-order valence-electron chi connectivity index (χ2n) is 11.0. The molecule has 8 heteroatoms. The van der Waals surface area contributed by atoms with Crippen LogP contribution in [0.2, 0.25) is 0 Å². The van der Waals surface area contributed by atoms with Gasteiger partial charge in [-0.1, -0.05) is 31.2 Å². The van der Waals surface area contributed by atoms with Gasteiger partial charge in [0.1, 0.15) is 5.60 Å². The minimum Gasteiger partial charge on any atom is -0.458 e. The van der Waals surface area contributed by atoms with Crippen LogP contribution in [0.4, 0.5) is 0 Å². The Balaban J connectivity index is 0.000000601. The van der Waals surface area contributed by atoms with Crippen molar-refractivity contribution in [2.24, 2.45) is 28.6 Å². The molecule has 4 aliphatic carbocycles. The van der Waals surface area contributed by atoms with Gasteiger partial charge in [-0.3, -0.25) is 14.4 Å². The van der Waals surface area contributed by atoms with Crippen molar-refractivity contribution in [2.45, 2.75) is 95.9 Å². The molecule has 7 atom stereocenters. The number of thioether (sulfide) groups is 1. The van der Waals surface area contributed by atoms with Crippen LogP contribution < -0.4 is 0 Å². The Morgan fingerprint density at radius 3 is 2.33 bits per heavy atom. The zero-order chi connectivity index (χ0) is 24.2. The third kappa shape index (κ3) is 4.11. The number of esters is 1. The molecule has 1 heterocycles. The first kappa shape index (κ1) is 24.9. The zero-order valence-corrected chi connectivity index (χ0v) is 20.5. The maximum atomic E-state index is 12.2. The number of carbonyl (C=O) groups excluding carboxylic acids is 3. The van der Waals surface area contributed by atoms with Gasteiger partial charge in [0.15, 0.2) is 10.9 Å². The number of carbonyl (C=O) groups is 3. The molecule has 4 fully saturated rings. The molecule has 3 saturated carbocycles. The van der Waals surface area contributed by atoms with Gasteiger partial charge in [-0.15, -0.1) is 0 Å². The molecule has 184 valence electrons. The normalized spacial score (nSPS) is 43.8. The van der Waals surface area contributed by atoms with Crippen LogP contribution in [0.15, 0.2) is 11.6 Å². The number of allylic oxidation sites excluding steroid dienone is 1. The Morgan fingerprint density at radius 1 is 1.06 bits per heavy atom. The second-order valence-corrected chi connectivity index (χ2v) is 12.4. The molecule has 1 spiro atoms. The Bertz CT molecular complexity index is 866. The van der Waals surface area contributed by atoms with Crippen molar-refractivity contribution in [1.82, 2.24) is 0 Å². The molecule has 1 saturated heterocycles. The van der Waals surface area contributed by atoms with Crippen LogP contribution in [0.3, 0.4) is 0 Å². The Morgan fingerprint density at radius 2 is 1.73 bits per heavy atom. The van der Waals surface area contributed by atoms with E-state index in [-0.39, 0.29) is 38.5 Å². The first-order valence-electron chi connectivity index (χ1n) is 12.1. The summed E-state index contributed by atoms with van der Waals surface area (Å²) in [6.45, 7) is 4.25. The summed E-state index contributed by atoms with van der Waals surface area (Å²) in [6, 6.07) is 0. The highest BCUT2D eigenvalue weighted by molar-refractivity contribution is 8.14. The maximum absolute atomic E-state index is 12.2. The fourth-order valence-corrected chi connectivity index (χ4v) is 9.36. The highest BCUT2D eigenvalue weighted by atomic mass is 32.2. The van der Waals surface area contributed by atoms with E-state index in [1.807, 2.05) is 6.08 Å². The van der Waals surface area contributed by atoms with Crippen molar-refractivity contribution in [2.75, 3.05) is 0 Å². The lowest BCUT2D eigenvalue weighted by atomic mass is 9.46. The minimum atomic E-state index is -2.17. The summed E-state index contributed by atoms with van der Waals surface area (Å²) in [5.74, 6) is 1.67. The van der Waals surface area contributed by atoms with Gasteiger partial charge in [0.05, 0.1) is 0 Å².